The highest BCUT2D eigenvalue weighted by molar-refractivity contribution is 7.21. The van der Waals surface area contributed by atoms with Crippen LogP contribution in [-0.4, -0.2) is 18.2 Å². The number of nitrogens with one attached hydrogen (secondary N) is 1. The molecule has 7 aromatic rings. The van der Waals surface area contributed by atoms with E-state index in [1.54, 1.807) is 11.3 Å². The van der Waals surface area contributed by atoms with Crippen molar-refractivity contribution in [2.45, 2.75) is 52.4 Å². The molecule has 0 atom stereocenters. The molecule has 7 rings (SSSR count). The minimum absolute atomic E-state index is 0.745. The number of thiazole rings is 1. The third-order valence-corrected chi connectivity index (χ3v) is 10.6. The second kappa shape index (κ2) is 18.4. The van der Waals surface area contributed by atoms with Crippen LogP contribution >= 0.6 is 11.3 Å². The van der Waals surface area contributed by atoms with Crippen LogP contribution in [0.15, 0.2) is 152 Å². The summed E-state index contributed by atoms with van der Waals surface area (Å²) in [5.74, 6) is 1.81. The monoisotopic (exact) mass is 728 g/mol. The summed E-state index contributed by atoms with van der Waals surface area (Å²) in [6.07, 6.45) is 6.96. The lowest BCUT2D eigenvalue weighted by atomic mass is 9.85. The Bertz CT molecular complexity index is 2200. The van der Waals surface area contributed by atoms with Gasteiger partial charge in [-0.3, -0.25) is 0 Å². The fourth-order valence-electron chi connectivity index (χ4n) is 6.59. The van der Waals surface area contributed by atoms with Gasteiger partial charge in [0.2, 0.25) is 0 Å². The summed E-state index contributed by atoms with van der Waals surface area (Å²) in [5.41, 5.74) is 11.1. The molecule has 272 valence electrons. The molecule has 6 aromatic carbocycles. The van der Waals surface area contributed by atoms with Crippen molar-refractivity contribution in [3.05, 3.63) is 174 Å². The molecule has 0 bridgehead atoms. The molecule has 0 fully saturated rings. The van der Waals surface area contributed by atoms with Crippen LogP contribution in [-0.2, 0) is 0 Å². The van der Waals surface area contributed by atoms with Crippen molar-refractivity contribution in [3.63, 3.8) is 0 Å². The standard InChI is InChI=1S/C49H48N2O2S/c1-3-5-7-14-34-53-44-31-32-45-46(35-44)54-49(51-45)40-21-19-38(20-22-40)48(47(36-15-10-8-11-16-36)37-17-12-9-13-18-37)39-23-25-41(26-24-39)50-42-27-29-43(30-28-42)52-33-6-4-2/h8-13,15-32,35,50H,3-7,14,33-34H2,1-2H3. The summed E-state index contributed by atoms with van der Waals surface area (Å²) in [7, 11) is 0. The number of nitrogens with zero attached hydrogens (tertiary/aromatic N) is 1. The van der Waals surface area contributed by atoms with Gasteiger partial charge in [-0.25, -0.2) is 4.98 Å². The molecule has 0 unspecified atom stereocenters. The summed E-state index contributed by atoms with van der Waals surface area (Å²) in [4.78, 5) is 5.01. The van der Waals surface area contributed by atoms with Gasteiger partial charge in [0.05, 0.1) is 23.4 Å². The highest BCUT2D eigenvalue weighted by atomic mass is 32.1. The van der Waals surface area contributed by atoms with E-state index in [0.717, 1.165) is 87.3 Å². The fraction of sp³-hybridized carbons (Fsp3) is 0.204. The van der Waals surface area contributed by atoms with Gasteiger partial charge in [-0.1, -0.05) is 137 Å². The lowest BCUT2D eigenvalue weighted by Crippen LogP contribution is -1.98. The lowest BCUT2D eigenvalue weighted by molar-refractivity contribution is 0.305. The van der Waals surface area contributed by atoms with Crippen molar-refractivity contribution in [1.82, 2.24) is 4.98 Å². The average molecular weight is 729 g/mol. The van der Waals surface area contributed by atoms with Gasteiger partial charge in [-0.15, -0.1) is 11.3 Å². The Kier molecular flexibility index (Phi) is 12.5. The molecule has 0 amide bonds. The van der Waals surface area contributed by atoms with Crippen molar-refractivity contribution < 1.29 is 9.47 Å². The molecule has 0 saturated heterocycles. The summed E-state index contributed by atoms with van der Waals surface area (Å²) in [5, 5.41) is 4.57. The molecular formula is C49H48N2O2S. The zero-order chi connectivity index (χ0) is 37.0. The molecule has 0 radical (unpaired) electrons. The van der Waals surface area contributed by atoms with Crippen molar-refractivity contribution in [2.24, 2.45) is 0 Å². The Labute approximate surface area is 324 Å². The van der Waals surface area contributed by atoms with Crippen molar-refractivity contribution in [2.75, 3.05) is 18.5 Å². The molecule has 0 aliphatic carbocycles. The molecule has 54 heavy (non-hydrogen) atoms. The number of ether oxygens (including phenoxy) is 2. The van der Waals surface area contributed by atoms with E-state index in [-0.39, 0.29) is 0 Å². The Hall–Kier alpha value is -5.65. The molecular weight excluding hydrogens is 681 g/mol. The number of unbranched alkanes of at least 4 members (excludes halogenated alkanes) is 4. The quantitative estimate of drug-likeness (QED) is 0.0749. The van der Waals surface area contributed by atoms with E-state index in [0.29, 0.717) is 0 Å². The van der Waals surface area contributed by atoms with Crippen LogP contribution < -0.4 is 14.8 Å². The fourth-order valence-corrected chi connectivity index (χ4v) is 7.59. The van der Waals surface area contributed by atoms with Gasteiger partial charge >= 0.3 is 0 Å². The van der Waals surface area contributed by atoms with Gasteiger partial charge in [-0.05, 0) is 101 Å². The van der Waals surface area contributed by atoms with E-state index in [1.807, 2.05) is 18.2 Å². The predicted octanol–water partition coefficient (Wildman–Crippen LogP) is 13.9. The van der Waals surface area contributed by atoms with Gasteiger partial charge in [0, 0.05) is 16.9 Å². The van der Waals surface area contributed by atoms with E-state index < -0.39 is 0 Å². The summed E-state index contributed by atoms with van der Waals surface area (Å²) in [6.45, 7) is 5.91. The molecule has 0 saturated carbocycles. The Morgan fingerprint density at radius 3 is 1.65 bits per heavy atom. The number of hydrogen-bond donors (Lipinski definition) is 1. The predicted molar refractivity (Wildman–Crippen MR) is 229 cm³/mol. The molecule has 1 heterocycles. The topological polar surface area (TPSA) is 43.4 Å². The van der Waals surface area contributed by atoms with Crippen molar-refractivity contribution in [1.29, 1.82) is 0 Å². The number of anilines is 2. The minimum atomic E-state index is 0.745. The van der Waals surface area contributed by atoms with Crippen molar-refractivity contribution in [3.8, 4) is 22.1 Å². The Morgan fingerprint density at radius 2 is 1.04 bits per heavy atom. The maximum atomic E-state index is 6.08. The SMILES string of the molecule is CCCCCCOc1ccc2nc(-c3ccc(C(=C(c4ccccc4)c4ccccc4)c4ccc(Nc5ccc(OCCCC)cc5)cc4)cc3)sc2c1. The first kappa shape index (κ1) is 36.7. The van der Waals surface area contributed by atoms with Crippen molar-refractivity contribution >= 4 is 44.1 Å². The van der Waals surface area contributed by atoms with E-state index in [9.17, 15) is 0 Å². The zero-order valence-corrected chi connectivity index (χ0v) is 32.1. The first-order valence-electron chi connectivity index (χ1n) is 19.3. The van der Waals surface area contributed by atoms with Gasteiger partial charge in [-0.2, -0.15) is 0 Å². The first-order chi connectivity index (χ1) is 26.7. The maximum Gasteiger partial charge on any atom is 0.124 e. The van der Waals surface area contributed by atoms with Crippen LogP contribution in [0.25, 0.3) is 31.9 Å². The largest absolute Gasteiger partial charge is 0.494 e. The minimum Gasteiger partial charge on any atom is -0.494 e. The average Bonchev–Trinajstić information content (AvgIpc) is 3.65. The highest BCUT2D eigenvalue weighted by Crippen LogP contribution is 2.39. The third-order valence-electron chi connectivity index (χ3n) is 9.51. The number of benzene rings is 6. The third kappa shape index (κ3) is 9.28. The zero-order valence-electron chi connectivity index (χ0n) is 31.3. The van der Waals surface area contributed by atoms with Gasteiger partial charge in [0.1, 0.15) is 16.5 Å². The Balaban J connectivity index is 1.20. The van der Waals surface area contributed by atoms with E-state index in [2.05, 4.69) is 153 Å². The van der Waals surface area contributed by atoms with Gasteiger partial charge < -0.3 is 14.8 Å². The molecule has 1 N–H and O–H groups in total. The molecule has 4 nitrogen and oxygen atoms in total. The second-order valence-corrected chi connectivity index (χ2v) is 14.6. The van der Waals surface area contributed by atoms with Gasteiger partial charge in [0.15, 0.2) is 0 Å². The van der Waals surface area contributed by atoms with Crippen LogP contribution in [0.2, 0.25) is 0 Å². The van der Waals surface area contributed by atoms with Crippen LogP contribution in [0, 0.1) is 0 Å². The summed E-state index contributed by atoms with van der Waals surface area (Å²) < 4.78 is 13.1. The highest BCUT2D eigenvalue weighted by Gasteiger charge is 2.17. The molecule has 0 spiro atoms. The number of fused-ring (bicyclic) bond motifs is 1. The normalized spacial score (nSPS) is 11.0. The van der Waals surface area contributed by atoms with Gasteiger partial charge in [0.25, 0.3) is 0 Å². The van der Waals surface area contributed by atoms with Crippen LogP contribution in [0.1, 0.15) is 74.6 Å². The van der Waals surface area contributed by atoms with Crippen LogP contribution in [0.4, 0.5) is 11.4 Å². The smallest absolute Gasteiger partial charge is 0.124 e. The van der Waals surface area contributed by atoms with E-state index in [1.165, 1.54) is 41.5 Å². The molecule has 1 aromatic heterocycles. The maximum absolute atomic E-state index is 6.08. The second-order valence-electron chi connectivity index (χ2n) is 13.5. The summed E-state index contributed by atoms with van der Waals surface area (Å²) >= 11 is 1.71. The van der Waals surface area contributed by atoms with E-state index >= 15 is 0 Å². The lowest BCUT2D eigenvalue weighted by Gasteiger charge is -2.19. The van der Waals surface area contributed by atoms with E-state index in [4.69, 9.17) is 14.5 Å². The summed E-state index contributed by atoms with van der Waals surface area (Å²) in [6, 6.07) is 53.5. The number of hydrogen-bond acceptors (Lipinski definition) is 5. The van der Waals surface area contributed by atoms with Crippen LogP contribution in [0.3, 0.4) is 0 Å². The number of aromatic nitrogens is 1. The molecule has 5 heteroatoms. The van der Waals surface area contributed by atoms with Crippen LogP contribution in [0.5, 0.6) is 11.5 Å². The Morgan fingerprint density at radius 1 is 0.519 bits per heavy atom. The first-order valence-corrected chi connectivity index (χ1v) is 20.1. The molecule has 0 aliphatic rings. The number of rotatable bonds is 17. The molecule has 0 aliphatic heterocycles.